The minimum absolute atomic E-state index is 0.00888. The van der Waals surface area contributed by atoms with Crippen molar-refractivity contribution in [2.24, 2.45) is 0 Å². The van der Waals surface area contributed by atoms with Crippen LogP contribution in [0, 0.1) is 6.92 Å². The number of nitrogens with zero attached hydrogens (tertiary/aromatic N) is 3. The predicted octanol–water partition coefficient (Wildman–Crippen LogP) is 3.70. The quantitative estimate of drug-likeness (QED) is 0.692. The zero-order valence-corrected chi connectivity index (χ0v) is 16.5. The van der Waals surface area contributed by atoms with Crippen molar-refractivity contribution in [3.05, 3.63) is 57.0 Å². The second kappa shape index (κ2) is 7.27. The molecule has 4 rings (SSSR count). The molecule has 1 aliphatic rings. The molecule has 0 saturated heterocycles. The number of thiophene rings is 1. The molecule has 1 aromatic carbocycles. The van der Waals surface area contributed by atoms with Crippen molar-refractivity contribution in [1.82, 2.24) is 9.55 Å². The predicted molar refractivity (Wildman–Crippen MR) is 110 cm³/mol. The first-order valence-corrected chi connectivity index (χ1v) is 10.2. The molecule has 1 amide bonds. The van der Waals surface area contributed by atoms with Gasteiger partial charge in [0.2, 0.25) is 5.91 Å². The van der Waals surface area contributed by atoms with E-state index in [1.54, 1.807) is 34.2 Å². The molecule has 0 unspecified atom stereocenters. The maximum Gasteiger partial charge on any atom is 0.262 e. The summed E-state index contributed by atoms with van der Waals surface area (Å²) in [5, 5.41) is 0.775. The molecule has 0 N–H and O–H groups in total. The van der Waals surface area contributed by atoms with Gasteiger partial charge < -0.3 is 4.90 Å². The van der Waals surface area contributed by atoms with Gasteiger partial charge in [-0.1, -0.05) is 12.1 Å². The van der Waals surface area contributed by atoms with Crippen LogP contribution >= 0.6 is 11.3 Å². The van der Waals surface area contributed by atoms with Crippen LogP contribution in [0.4, 0.5) is 5.69 Å². The minimum Gasteiger partial charge on any atom is -0.315 e. The molecule has 2 aromatic heterocycles. The lowest BCUT2D eigenvalue weighted by Crippen LogP contribution is -2.29. The average Bonchev–Trinajstić information content (AvgIpc) is 3.06. The smallest absolute Gasteiger partial charge is 0.262 e. The third-order valence-electron chi connectivity index (χ3n) is 5.27. The van der Waals surface area contributed by atoms with Gasteiger partial charge in [0.15, 0.2) is 0 Å². The van der Waals surface area contributed by atoms with Crippen LogP contribution in [0.3, 0.4) is 0 Å². The van der Waals surface area contributed by atoms with Crippen molar-refractivity contribution in [1.29, 1.82) is 0 Å². The number of anilines is 1. The highest BCUT2D eigenvalue weighted by Gasteiger charge is 2.20. The lowest BCUT2D eigenvalue weighted by atomic mass is 9.97. The zero-order chi connectivity index (χ0) is 19.0. The summed E-state index contributed by atoms with van der Waals surface area (Å²) in [6.45, 7) is 2.35. The highest BCUT2D eigenvalue weighted by Crippen LogP contribution is 2.33. The van der Waals surface area contributed by atoms with E-state index in [2.05, 4.69) is 4.98 Å². The number of aryl methyl sites for hydroxylation is 4. The Labute approximate surface area is 162 Å². The second-order valence-corrected chi connectivity index (χ2v) is 8.26. The summed E-state index contributed by atoms with van der Waals surface area (Å²) in [6.07, 6.45) is 6.19. The van der Waals surface area contributed by atoms with E-state index < -0.39 is 0 Å². The van der Waals surface area contributed by atoms with Crippen LogP contribution in [0.1, 0.15) is 35.3 Å². The van der Waals surface area contributed by atoms with Crippen molar-refractivity contribution in [2.45, 2.75) is 45.6 Å². The van der Waals surface area contributed by atoms with Crippen LogP contribution in [0.5, 0.6) is 0 Å². The Kier molecular flexibility index (Phi) is 4.83. The van der Waals surface area contributed by atoms with Crippen LogP contribution in [-0.2, 0) is 24.2 Å². The van der Waals surface area contributed by atoms with Gasteiger partial charge in [-0.3, -0.25) is 14.2 Å². The summed E-state index contributed by atoms with van der Waals surface area (Å²) in [5.74, 6) is -0.0139. The van der Waals surface area contributed by atoms with E-state index in [1.807, 2.05) is 31.2 Å². The van der Waals surface area contributed by atoms with Crippen molar-refractivity contribution in [3.63, 3.8) is 0 Å². The normalized spacial score (nSPS) is 13.6. The first kappa shape index (κ1) is 17.9. The Morgan fingerprint density at radius 2 is 2.11 bits per heavy atom. The van der Waals surface area contributed by atoms with E-state index >= 15 is 0 Å². The Balaban J connectivity index is 1.54. The molecule has 0 radical (unpaired) electrons. The van der Waals surface area contributed by atoms with Crippen LogP contribution in [0.15, 0.2) is 35.4 Å². The molecule has 6 heteroatoms. The zero-order valence-electron chi connectivity index (χ0n) is 15.7. The molecule has 140 valence electrons. The van der Waals surface area contributed by atoms with Crippen molar-refractivity contribution in [3.8, 4) is 0 Å². The number of fused-ring (bicyclic) bond motifs is 3. The standard InChI is InChI=1S/C21H23N3O2S/c1-14-6-5-7-15(12-14)23(2)18(25)10-11-24-13-22-20-19(21(24)26)16-8-3-4-9-17(16)27-20/h5-7,12-13H,3-4,8-11H2,1-2H3. The number of carbonyl (C=O) groups excluding carboxylic acids is 1. The van der Waals surface area contributed by atoms with Crippen molar-refractivity contribution in [2.75, 3.05) is 11.9 Å². The van der Waals surface area contributed by atoms with Gasteiger partial charge in [-0.25, -0.2) is 4.98 Å². The van der Waals surface area contributed by atoms with E-state index in [-0.39, 0.29) is 17.9 Å². The first-order chi connectivity index (χ1) is 13.0. The molecule has 27 heavy (non-hydrogen) atoms. The third-order valence-corrected chi connectivity index (χ3v) is 6.47. The number of benzene rings is 1. The van der Waals surface area contributed by atoms with E-state index in [1.165, 1.54) is 16.9 Å². The number of aromatic nitrogens is 2. The van der Waals surface area contributed by atoms with Gasteiger partial charge in [0, 0.05) is 30.6 Å². The third kappa shape index (κ3) is 3.41. The Morgan fingerprint density at radius 1 is 1.30 bits per heavy atom. The Morgan fingerprint density at radius 3 is 2.93 bits per heavy atom. The topological polar surface area (TPSA) is 55.2 Å². The van der Waals surface area contributed by atoms with E-state index in [4.69, 9.17) is 0 Å². The molecule has 0 aliphatic heterocycles. The number of rotatable bonds is 4. The van der Waals surface area contributed by atoms with Gasteiger partial charge in [-0.05, 0) is 55.9 Å². The summed E-state index contributed by atoms with van der Waals surface area (Å²) in [7, 11) is 1.77. The summed E-state index contributed by atoms with van der Waals surface area (Å²) in [5.41, 5.74) is 3.16. The van der Waals surface area contributed by atoms with Gasteiger partial charge >= 0.3 is 0 Å². The highest BCUT2D eigenvalue weighted by atomic mass is 32.1. The van der Waals surface area contributed by atoms with Gasteiger partial charge in [0.25, 0.3) is 5.56 Å². The lowest BCUT2D eigenvalue weighted by molar-refractivity contribution is -0.118. The molecule has 0 spiro atoms. The van der Waals surface area contributed by atoms with Gasteiger partial charge in [0.05, 0.1) is 11.7 Å². The van der Waals surface area contributed by atoms with Crippen LogP contribution in [-0.4, -0.2) is 22.5 Å². The van der Waals surface area contributed by atoms with Crippen molar-refractivity contribution >= 4 is 33.1 Å². The molecular formula is C21H23N3O2S. The van der Waals surface area contributed by atoms with Gasteiger partial charge in [-0.2, -0.15) is 0 Å². The van der Waals surface area contributed by atoms with Crippen LogP contribution in [0.25, 0.3) is 10.2 Å². The molecule has 1 aliphatic carbocycles. The van der Waals surface area contributed by atoms with E-state index in [0.717, 1.165) is 40.7 Å². The first-order valence-electron chi connectivity index (χ1n) is 9.37. The van der Waals surface area contributed by atoms with Gasteiger partial charge in [0.1, 0.15) is 4.83 Å². The molecule has 5 nitrogen and oxygen atoms in total. The fourth-order valence-corrected chi connectivity index (χ4v) is 4.92. The monoisotopic (exact) mass is 381 g/mol. The average molecular weight is 382 g/mol. The maximum atomic E-state index is 13.0. The SMILES string of the molecule is Cc1cccc(N(C)C(=O)CCn2cnc3sc4c(c3c2=O)CCCC4)c1. The van der Waals surface area contributed by atoms with E-state index in [0.29, 0.717) is 6.54 Å². The fourth-order valence-electron chi connectivity index (χ4n) is 3.70. The molecule has 0 bridgehead atoms. The summed E-state index contributed by atoms with van der Waals surface area (Å²) < 4.78 is 1.59. The minimum atomic E-state index is -0.0139. The molecule has 0 fully saturated rings. The molecule has 3 aromatic rings. The summed E-state index contributed by atoms with van der Waals surface area (Å²) in [6, 6.07) is 7.85. The largest absolute Gasteiger partial charge is 0.315 e. The molecular weight excluding hydrogens is 358 g/mol. The molecule has 2 heterocycles. The summed E-state index contributed by atoms with van der Waals surface area (Å²) in [4.78, 5) is 33.8. The number of hydrogen-bond acceptors (Lipinski definition) is 4. The number of hydrogen-bond donors (Lipinski definition) is 0. The van der Waals surface area contributed by atoms with E-state index in [9.17, 15) is 9.59 Å². The highest BCUT2D eigenvalue weighted by molar-refractivity contribution is 7.18. The van der Waals surface area contributed by atoms with Gasteiger partial charge in [-0.15, -0.1) is 11.3 Å². The van der Waals surface area contributed by atoms with Crippen LogP contribution in [0.2, 0.25) is 0 Å². The number of carbonyl (C=O) groups is 1. The number of amides is 1. The second-order valence-electron chi connectivity index (χ2n) is 7.18. The molecule has 0 atom stereocenters. The maximum absolute atomic E-state index is 13.0. The lowest BCUT2D eigenvalue weighted by Gasteiger charge is -2.18. The summed E-state index contributed by atoms with van der Waals surface area (Å²) >= 11 is 1.65. The fraction of sp³-hybridized carbons (Fsp3) is 0.381. The Bertz CT molecular complexity index is 1070. The molecule has 0 saturated carbocycles. The Hall–Kier alpha value is -2.47. The van der Waals surface area contributed by atoms with Crippen LogP contribution < -0.4 is 10.5 Å². The van der Waals surface area contributed by atoms with Crippen molar-refractivity contribution < 1.29 is 4.79 Å².